The Labute approximate surface area is 87.5 Å². The maximum Gasteiger partial charge on any atom is 0.238 e. The number of nitriles is 1. The van der Waals surface area contributed by atoms with Gasteiger partial charge < -0.3 is 5.32 Å². The molecule has 1 aromatic rings. The van der Waals surface area contributed by atoms with Gasteiger partial charge in [0.15, 0.2) is 0 Å². The maximum absolute atomic E-state index is 13.1. The Hall–Kier alpha value is -1.89. The van der Waals surface area contributed by atoms with Crippen LogP contribution in [0.3, 0.4) is 0 Å². The summed E-state index contributed by atoms with van der Waals surface area (Å²) in [6, 6.07) is 4.54. The van der Waals surface area contributed by atoms with Gasteiger partial charge in [-0.15, -0.1) is 0 Å². The summed E-state index contributed by atoms with van der Waals surface area (Å²) in [7, 11) is 0. The van der Waals surface area contributed by atoms with Gasteiger partial charge >= 0.3 is 0 Å². The molecule has 0 fully saturated rings. The first kappa shape index (κ1) is 11.2. The van der Waals surface area contributed by atoms with Crippen molar-refractivity contribution < 1.29 is 9.18 Å². The van der Waals surface area contributed by atoms with Crippen LogP contribution in [0.2, 0.25) is 0 Å². The number of halogens is 1. The third kappa shape index (κ3) is 2.53. The van der Waals surface area contributed by atoms with Crippen LogP contribution in [0.15, 0.2) is 12.1 Å². The van der Waals surface area contributed by atoms with Crippen LogP contribution in [0.5, 0.6) is 0 Å². The molecule has 0 unspecified atom stereocenters. The third-order valence-corrected chi connectivity index (χ3v) is 2.23. The van der Waals surface area contributed by atoms with E-state index in [0.717, 1.165) is 0 Å². The van der Waals surface area contributed by atoms with E-state index in [1.165, 1.54) is 12.1 Å². The molecular formula is C11H11FN2O. The predicted molar refractivity (Wildman–Crippen MR) is 54.7 cm³/mol. The smallest absolute Gasteiger partial charge is 0.238 e. The van der Waals surface area contributed by atoms with Gasteiger partial charge in [-0.1, -0.05) is 0 Å². The Kier molecular flexibility index (Phi) is 3.40. The lowest BCUT2D eigenvalue weighted by Gasteiger charge is -2.09. The summed E-state index contributed by atoms with van der Waals surface area (Å²) in [5.41, 5.74) is 1.74. The lowest BCUT2D eigenvalue weighted by molar-refractivity contribution is -0.115. The Bertz CT molecular complexity index is 435. The van der Waals surface area contributed by atoms with Gasteiger partial charge in [0, 0.05) is 5.69 Å². The van der Waals surface area contributed by atoms with Gasteiger partial charge in [0.1, 0.15) is 12.2 Å². The molecule has 78 valence electrons. The molecule has 1 N–H and O–H groups in total. The summed E-state index contributed by atoms with van der Waals surface area (Å²) in [5.74, 6) is -0.683. The summed E-state index contributed by atoms with van der Waals surface area (Å²) in [6.45, 7) is 3.37. The van der Waals surface area contributed by atoms with Gasteiger partial charge in [0.25, 0.3) is 0 Å². The Balaban J connectivity index is 2.93. The lowest BCUT2D eigenvalue weighted by Crippen LogP contribution is -2.11. The molecule has 0 aromatic heterocycles. The average Bonchev–Trinajstić information content (AvgIpc) is 2.20. The number of carbonyl (C=O) groups excluding carboxylic acids is 1. The molecule has 1 aromatic carbocycles. The largest absolute Gasteiger partial charge is 0.325 e. The topological polar surface area (TPSA) is 52.9 Å². The molecule has 0 radical (unpaired) electrons. The molecule has 0 aliphatic rings. The second-order valence-corrected chi connectivity index (χ2v) is 3.23. The standard InChI is InChI=1S/C11H11FN2O/c1-7-8(2)10(4-3-9(7)12)14-11(15)5-6-13/h3-4H,5H2,1-2H3,(H,14,15). The van der Waals surface area contributed by atoms with Gasteiger partial charge in [-0.2, -0.15) is 5.26 Å². The van der Waals surface area contributed by atoms with E-state index in [-0.39, 0.29) is 18.1 Å². The van der Waals surface area contributed by atoms with Gasteiger partial charge in [-0.3, -0.25) is 4.79 Å². The minimum atomic E-state index is -0.383. The summed E-state index contributed by atoms with van der Waals surface area (Å²) in [6.07, 6.45) is -0.199. The number of hydrogen-bond donors (Lipinski definition) is 1. The Morgan fingerprint density at radius 1 is 1.47 bits per heavy atom. The van der Waals surface area contributed by atoms with Crippen molar-refractivity contribution in [2.24, 2.45) is 0 Å². The summed E-state index contributed by atoms with van der Waals surface area (Å²) >= 11 is 0. The molecular weight excluding hydrogens is 195 g/mol. The number of benzene rings is 1. The van der Waals surface area contributed by atoms with E-state index in [0.29, 0.717) is 16.8 Å². The van der Waals surface area contributed by atoms with Crippen molar-refractivity contribution in [2.45, 2.75) is 20.3 Å². The van der Waals surface area contributed by atoms with Crippen molar-refractivity contribution in [1.29, 1.82) is 5.26 Å². The SMILES string of the molecule is Cc1c(F)ccc(NC(=O)CC#N)c1C. The minimum Gasteiger partial charge on any atom is -0.325 e. The van der Waals surface area contributed by atoms with Crippen LogP contribution in [0.25, 0.3) is 0 Å². The van der Waals surface area contributed by atoms with Crippen molar-refractivity contribution in [3.63, 3.8) is 0 Å². The van der Waals surface area contributed by atoms with E-state index in [4.69, 9.17) is 5.26 Å². The van der Waals surface area contributed by atoms with Gasteiger partial charge in [0.2, 0.25) is 5.91 Å². The number of anilines is 1. The first-order chi connectivity index (χ1) is 7.06. The highest BCUT2D eigenvalue weighted by Gasteiger charge is 2.08. The first-order valence-electron chi connectivity index (χ1n) is 4.48. The molecule has 0 spiro atoms. The molecule has 15 heavy (non-hydrogen) atoms. The zero-order valence-corrected chi connectivity index (χ0v) is 8.60. The summed E-state index contributed by atoms with van der Waals surface area (Å²) in [5, 5.41) is 10.9. The molecule has 0 bridgehead atoms. The van der Waals surface area contributed by atoms with E-state index in [9.17, 15) is 9.18 Å². The Morgan fingerprint density at radius 2 is 2.13 bits per heavy atom. The van der Waals surface area contributed by atoms with Crippen LogP contribution in [-0.4, -0.2) is 5.91 Å². The number of nitrogens with zero attached hydrogens (tertiary/aromatic N) is 1. The van der Waals surface area contributed by atoms with E-state index >= 15 is 0 Å². The number of amides is 1. The van der Waals surface area contributed by atoms with Crippen LogP contribution in [-0.2, 0) is 4.79 Å². The van der Waals surface area contributed by atoms with Crippen LogP contribution in [0.4, 0.5) is 10.1 Å². The second-order valence-electron chi connectivity index (χ2n) is 3.23. The molecule has 0 saturated heterocycles. The number of carbonyl (C=O) groups is 1. The molecule has 0 atom stereocenters. The molecule has 0 aliphatic carbocycles. The predicted octanol–water partition coefficient (Wildman–Crippen LogP) is 2.29. The Morgan fingerprint density at radius 3 is 2.73 bits per heavy atom. The fourth-order valence-corrected chi connectivity index (χ4v) is 1.19. The van der Waals surface area contributed by atoms with Crippen molar-refractivity contribution in [3.8, 4) is 6.07 Å². The fraction of sp³-hybridized carbons (Fsp3) is 0.273. The van der Waals surface area contributed by atoms with E-state index < -0.39 is 0 Å². The quantitative estimate of drug-likeness (QED) is 0.807. The second kappa shape index (κ2) is 4.56. The first-order valence-corrected chi connectivity index (χ1v) is 4.48. The molecule has 1 rings (SSSR count). The van der Waals surface area contributed by atoms with Crippen LogP contribution >= 0.6 is 0 Å². The van der Waals surface area contributed by atoms with Gasteiger partial charge in [0.05, 0.1) is 6.07 Å². The fourth-order valence-electron chi connectivity index (χ4n) is 1.19. The molecule has 0 heterocycles. The van der Waals surface area contributed by atoms with Crippen molar-refractivity contribution in [1.82, 2.24) is 0 Å². The van der Waals surface area contributed by atoms with E-state index in [2.05, 4.69) is 5.32 Å². The highest BCUT2D eigenvalue weighted by Crippen LogP contribution is 2.20. The summed E-state index contributed by atoms with van der Waals surface area (Å²) in [4.78, 5) is 11.1. The molecule has 1 amide bonds. The van der Waals surface area contributed by atoms with Crippen molar-refractivity contribution >= 4 is 11.6 Å². The molecule has 4 heteroatoms. The normalized spacial score (nSPS) is 9.47. The minimum absolute atomic E-state index is 0.199. The average molecular weight is 206 g/mol. The zero-order chi connectivity index (χ0) is 11.4. The van der Waals surface area contributed by atoms with Crippen LogP contribution in [0, 0.1) is 31.0 Å². The van der Waals surface area contributed by atoms with E-state index in [1.807, 2.05) is 0 Å². The van der Waals surface area contributed by atoms with Crippen LogP contribution in [0.1, 0.15) is 17.5 Å². The molecule has 0 aliphatic heterocycles. The molecule has 3 nitrogen and oxygen atoms in total. The molecule has 0 saturated carbocycles. The monoisotopic (exact) mass is 206 g/mol. The zero-order valence-electron chi connectivity index (χ0n) is 8.60. The van der Waals surface area contributed by atoms with Gasteiger partial charge in [-0.05, 0) is 37.1 Å². The van der Waals surface area contributed by atoms with Crippen molar-refractivity contribution in [2.75, 3.05) is 5.32 Å². The highest BCUT2D eigenvalue weighted by atomic mass is 19.1. The number of hydrogen-bond acceptors (Lipinski definition) is 2. The maximum atomic E-state index is 13.1. The summed E-state index contributed by atoms with van der Waals surface area (Å²) < 4.78 is 13.1. The third-order valence-electron chi connectivity index (χ3n) is 2.23. The highest BCUT2D eigenvalue weighted by molar-refractivity contribution is 5.92. The lowest BCUT2D eigenvalue weighted by atomic mass is 10.1. The van der Waals surface area contributed by atoms with Crippen LogP contribution < -0.4 is 5.32 Å². The van der Waals surface area contributed by atoms with Gasteiger partial charge in [-0.25, -0.2) is 4.39 Å². The van der Waals surface area contributed by atoms with Crippen molar-refractivity contribution in [3.05, 3.63) is 29.1 Å². The van der Waals surface area contributed by atoms with E-state index in [1.54, 1.807) is 19.9 Å². The number of rotatable bonds is 2. The number of nitrogens with one attached hydrogen (secondary N) is 1.